The lowest BCUT2D eigenvalue weighted by atomic mass is 10.1. The highest BCUT2D eigenvalue weighted by molar-refractivity contribution is 6.10. The van der Waals surface area contributed by atoms with Crippen molar-refractivity contribution < 1.29 is 13.9 Å². The van der Waals surface area contributed by atoms with Crippen molar-refractivity contribution in [1.82, 2.24) is 4.57 Å². The number of anilines is 1. The topological polar surface area (TPSA) is 67.0 Å². The molecular formula is C22H24FN3O2. The summed E-state index contributed by atoms with van der Waals surface area (Å²) in [6, 6.07) is 8.07. The van der Waals surface area contributed by atoms with E-state index in [9.17, 15) is 14.4 Å². The number of rotatable bonds is 5. The number of carbonyl (C=O) groups is 1. The number of hydrogen-bond acceptors (Lipinski definition) is 3. The van der Waals surface area contributed by atoms with E-state index in [1.165, 1.54) is 12.1 Å². The molecule has 1 saturated heterocycles. The van der Waals surface area contributed by atoms with Crippen molar-refractivity contribution in [3.63, 3.8) is 0 Å². The number of aromatic nitrogens is 1. The van der Waals surface area contributed by atoms with Crippen LogP contribution in [0.2, 0.25) is 0 Å². The van der Waals surface area contributed by atoms with Gasteiger partial charge in [0.2, 0.25) is 0 Å². The summed E-state index contributed by atoms with van der Waals surface area (Å²) in [4.78, 5) is 12.5. The van der Waals surface area contributed by atoms with Gasteiger partial charge >= 0.3 is 0 Å². The second kappa shape index (κ2) is 8.41. The Labute approximate surface area is 164 Å². The summed E-state index contributed by atoms with van der Waals surface area (Å²) in [5, 5.41) is 12.1. The summed E-state index contributed by atoms with van der Waals surface area (Å²) in [6.45, 7) is 7.31. The molecule has 6 heteroatoms. The molecule has 1 N–H and O–H groups in total. The lowest BCUT2D eigenvalue weighted by molar-refractivity contribution is -0.112. The van der Waals surface area contributed by atoms with Crippen LogP contribution in [0.15, 0.2) is 29.8 Å². The van der Waals surface area contributed by atoms with Crippen LogP contribution in [-0.2, 0) is 16.1 Å². The predicted molar refractivity (Wildman–Crippen MR) is 106 cm³/mol. The van der Waals surface area contributed by atoms with Crippen molar-refractivity contribution in [3.05, 3.63) is 58.2 Å². The third kappa shape index (κ3) is 4.32. The van der Waals surface area contributed by atoms with E-state index >= 15 is 0 Å². The average molecular weight is 381 g/mol. The van der Waals surface area contributed by atoms with E-state index in [0.717, 1.165) is 48.5 Å². The molecule has 1 fully saturated rings. The molecule has 1 atom stereocenters. The SMILES string of the molecule is Cc1ccc(F)cc1NC(=O)/C(C#N)=C/c1cc(C)n(C[C@H]2CCCO2)c1C. The van der Waals surface area contributed by atoms with Crippen LogP contribution in [0.25, 0.3) is 6.08 Å². The Morgan fingerprint density at radius 2 is 2.18 bits per heavy atom. The van der Waals surface area contributed by atoms with E-state index in [4.69, 9.17) is 4.74 Å². The van der Waals surface area contributed by atoms with Crippen LogP contribution in [0, 0.1) is 37.9 Å². The fourth-order valence-electron chi connectivity index (χ4n) is 3.47. The highest BCUT2D eigenvalue weighted by Crippen LogP contribution is 2.23. The minimum atomic E-state index is -0.555. The zero-order valence-corrected chi connectivity index (χ0v) is 16.4. The first kappa shape index (κ1) is 19.8. The maximum Gasteiger partial charge on any atom is 0.266 e. The molecule has 5 nitrogen and oxygen atoms in total. The van der Waals surface area contributed by atoms with Gasteiger partial charge in [0.05, 0.1) is 6.10 Å². The Balaban J connectivity index is 1.83. The molecule has 0 bridgehead atoms. The van der Waals surface area contributed by atoms with Gasteiger partial charge in [0.25, 0.3) is 5.91 Å². The summed E-state index contributed by atoms with van der Waals surface area (Å²) in [5.74, 6) is -0.999. The van der Waals surface area contributed by atoms with Crippen molar-refractivity contribution in [1.29, 1.82) is 5.26 Å². The number of ether oxygens (including phenoxy) is 1. The van der Waals surface area contributed by atoms with Gasteiger partial charge in [0.1, 0.15) is 17.5 Å². The van der Waals surface area contributed by atoms with Gasteiger partial charge in [0, 0.05) is 30.2 Å². The Bertz CT molecular complexity index is 963. The van der Waals surface area contributed by atoms with Crippen LogP contribution in [0.5, 0.6) is 0 Å². The standard InChI is InChI=1S/C22H24FN3O2/c1-14-6-7-19(23)11-21(14)25-22(27)18(12-24)10-17-9-15(2)26(16(17)3)13-20-5-4-8-28-20/h6-7,9-11,20H,4-5,8,13H2,1-3H3,(H,25,27)/b18-10+/t20-/m1/s1. The largest absolute Gasteiger partial charge is 0.376 e. The molecule has 0 unspecified atom stereocenters. The smallest absolute Gasteiger partial charge is 0.266 e. The van der Waals surface area contributed by atoms with E-state index in [1.54, 1.807) is 19.1 Å². The molecule has 2 heterocycles. The lowest BCUT2D eigenvalue weighted by Gasteiger charge is -2.14. The Hall–Kier alpha value is -2.91. The lowest BCUT2D eigenvalue weighted by Crippen LogP contribution is -2.17. The third-order valence-electron chi connectivity index (χ3n) is 5.14. The number of aryl methyl sites for hydroxylation is 2. The van der Waals surface area contributed by atoms with E-state index in [0.29, 0.717) is 5.69 Å². The van der Waals surface area contributed by atoms with E-state index in [2.05, 4.69) is 9.88 Å². The van der Waals surface area contributed by atoms with Crippen LogP contribution in [0.4, 0.5) is 10.1 Å². The van der Waals surface area contributed by atoms with Gasteiger partial charge in [-0.25, -0.2) is 4.39 Å². The minimum Gasteiger partial charge on any atom is -0.376 e. The number of nitrogens with one attached hydrogen (secondary N) is 1. The highest BCUT2D eigenvalue weighted by Gasteiger charge is 2.19. The van der Waals surface area contributed by atoms with Crippen LogP contribution in [-0.4, -0.2) is 23.2 Å². The van der Waals surface area contributed by atoms with Gasteiger partial charge in [-0.15, -0.1) is 0 Å². The second-order valence-electron chi connectivity index (χ2n) is 7.16. The summed E-state index contributed by atoms with van der Waals surface area (Å²) in [7, 11) is 0. The van der Waals surface area contributed by atoms with E-state index in [-0.39, 0.29) is 11.7 Å². The first-order valence-corrected chi connectivity index (χ1v) is 9.36. The normalized spacial score (nSPS) is 16.8. The van der Waals surface area contributed by atoms with Gasteiger partial charge in [-0.2, -0.15) is 5.26 Å². The average Bonchev–Trinajstić information content (AvgIpc) is 3.26. The summed E-state index contributed by atoms with van der Waals surface area (Å²) in [6.07, 6.45) is 3.91. The molecule has 146 valence electrons. The van der Waals surface area contributed by atoms with E-state index in [1.807, 2.05) is 26.0 Å². The molecule has 1 amide bonds. The van der Waals surface area contributed by atoms with Gasteiger partial charge in [-0.05, 0) is 69.0 Å². The molecular weight excluding hydrogens is 357 g/mol. The number of hydrogen-bond donors (Lipinski definition) is 1. The molecule has 28 heavy (non-hydrogen) atoms. The van der Waals surface area contributed by atoms with Gasteiger partial charge in [0.15, 0.2) is 0 Å². The first-order valence-electron chi connectivity index (χ1n) is 9.36. The van der Waals surface area contributed by atoms with Crippen LogP contribution in [0.1, 0.15) is 35.4 Å². The molecule has 1 aromatic heterocycles. The highest BCUT2D eigenvalue weighted by atomic mass is 19.1. The molecule has 1 aromatic carbocycles. The second-order valence-corrected chi connectivity index (χ2v) is 7.16. The molecule has 3 rings (SSSR count). The van der Waals surface area contributed by atoms with Crippen LogP contribution < -0.4 is 5.32 Å². The number of benzene rings is 1. The van der Waals surface area contributed by atoms with E-state index < -0.39 is 11.7 Å². The predicted octanol–water partition coefficient (Wildman–Crippen LogP) is 4.28. The minimum absolute atomic E-state index is 0.0268. The molecule has 2 aromatic rings. The molecule has 0 radical (unpaired) electrons. The van der Waals surface area contributed by atoms with Crippen LogP contribution >= 0.6 is 0 Å². The third-order valence-corrected chi connectivity index (χ3v) is 5.14. The molecule has 0 aliphatic carbocycles. The van der Waals surface area contributed by atoms with Crippen molar-refractivity contribution in [2.24, 2.45) is 0 Å². The summed E-state index contributed by atoms with van der Waals surface area (Å²) >= 11 is 0. The molecule has 1 aliphatic rings. The van der Waals surface area contributed by atoms with Crippen LogP contribution in [0.3, 0.4) is 0 Å². The Kier molecular flexibility index (Phi) is 5.96. The summed E-state index contributed by atoms with van der Waals surface area (Å²) < 4.78 is 21.3. The zero-order chi connectivity index (χ0) is 20.3. The molecule has 0 saturated carbocycles. The van der Waals surface area contributed by atoms with Crippen molar-refractivity contribution >= 4 is 17.7 Å². The molecule has 1 aliphatic heterocycles. The fourth-order valence-corrected chi connectivity index (χ4v) is 3.47. The van der Waals surface area contributed by atoms with Crippen molar-refractivity contribution in [2.45, 2.75) is 46.3 Å². The number of amides is 1. The number of carbonyl (C=O) groups excluding carboxylic acids is 1. The quantitative estimate of drug-likeness (QED) is 0.621. The fraction of sp³-hybridized carbons (Fsp3) is 0.364. The number of halogens is 1. The van der Waals surface area contributed by atoms with Gasteiger partial charge in [-0.1, -0.05) is 6.07 Å². The summed E-state index contributed by atoms with van der Waals surface area (Å²) in [5.41, 5.74) is 3.91. The van der Waals surface area contributed by atoms with Crippen molar-refractivity contribution in [2.75, 3.05) is 11.9 Å². The van der Waals surface area contributed by atoms with Crippen molar-refractivity contribution in [3.8, 4) is 6.07 Å². The van der Waals surface area contributed by atoms with Gasteiger partial charge < -0.3 is 14.6 Å². The molecule has 0 spiro atoms. The van der Waals surface area contributed by atoms with Gasteiger partial charge in [-0.3, -0.25) is 4.79 Å². The Morgan fingerprint density at radius 1 is 1.39 bits per heavy atom. The monoisotopic (exact) mass is 381 g/mol. The zero-order valence-electron chi connectivity index (χ0n) is 16.4. The maximum absolute atomic E-state index is 13.5. The number of nitrogens with zero attached hydrogens (tertiary/aromatic N) is 2. The number of nitriles is 1. The first-order chi connectivity index (χ1) is 13.4. The Morgan fingerprint density at radius 3 is 2.86 bits per heavy atom. The maximum atomic E-state index is 13.5.